The van der Waals surface area contributed by atoms with Gasteiger partial charge in [-0.25, -0.2) is 0 Å². The molecule has 44 valence electrons. The van der Waals surface area contributed by atoms with Crippen LogP contribution in [0, 0.1) is 0 Å². The topological polar surface area (TPSA) is 9.23 Å². The first-order valence-corrected chi connectivity index (χ1v) is 2.65. The van der Waals surface area contributed by atoms with Crippen LogP contribution in [0.5, 0.6) is 0 Å². The maximum atomic E-state index is 11.3. The Labute approximate surface area is 55.3 Å². The van der Waals surface area contributed by atoms with Crippen molar-refractivity contribution in [3.05, 3.63) is 0 Å². The molecule has 0 aromatic heterocycles. The van der Waals surface area contributed by atoms with E-state index in [2.05, 4.69) is 16.3 Å². The highest BCUT2D eigenvalue weighted by Crippen LogP contribution is 2.10. The molecule has 1 atom stereocenters. The first-order valence-electron chi connectivity index (χ1n) is 1.34. The highest BCUT2D eigenvalue weighted by molar-refractivity contribution is 6.43. The van der Waals surface area contributed by atoms with E-state index in [0.717, 1.165) is 0 Å². The molecular weight excluding hydrogens is 165 g/mol. The van der Waals surface area contributed by atoms with E-state index in [9.17, 15) is 4.39 Å². The fourth-order valence-electron chi connectivity index (χ4n) is 0.0778. The van der Waals surface area contributed by atoms with Crippen LogP contribution < -0.4 is 0 Å². The van der Waals surface area contributed by atoms with Crippen molar-refractivity contribution in [3.63, 3.8) is 0 Å². The Morgan fingerprint density at radius 3 is 1.71 bits per heavy atom. The lowest BCUT2D eigenvalue weighted by molar-refractivity contribution is 0.0343. The number of hydrogen-bond donors (Lipinski definition) is 0. The Morgan fingerprint density at radius 1 is 1.29 bits per heavy atom. The maximum absolute atomic E-state index is 11.3. The Hall–Kier alpha value is 0.760. The number of ether oxygens (including phenoxy) is 1. The molecule has 0 bridgehead atoms. The summed E-state index contributed by atoms with van der Waals surface area (Å²) in [4.78, 5) is 0. The van der Waals surface area contributed by atoms with Gasteiger partial charge in [-0.1, -0.05) is 34.8 Å². The van der Waals surface area contributed by atoms with Crippen molar-refractivity contribution < 1.29 is 9.13 Å². The first-order chi connectivity index (χ1) is 3.13. The quantitative estimate of drug-likeness (QED) is 0.573. The monoisotopic (exact) mass is 166 g/mol. The molecule has 7 heavy (non-hydrogen) atoms. The predicted octanol–water partition coefficient (Wildman–Crippen LogP) is 2.26. The van der Waals surface area contributed by atoms with Crippen molar-refractivity contribution in [1.29, 1.82) is 0 Å². The molecule has 0 saturated carbocycles. The third kappa shape index (κ3) is 6.76. The van der Waals surface area contributed by atoms with Crippen LogP contribution >= 0.6 is 34.8 Å². The second kappa shape index (κ2) is 3.72. The molecule has 0 spiro atoms. The minimum atomic E-state index is -1.92. The van der Waals surface area contributed by atoms with Crippen LogP contribution in [0.1, 0.15) is 0 Å². The summed E-state index contributed by atoms with van der Waals surface area (Å²) in [6, 6.07) is 0. The summed E-state index contributed by atoms with van der Waals surface area (Å²) in [5.41, 5.74) is 0. The van der Waals surface area contributed by atoms with Gasteiger partial charge in [0.05, 0.1) is 0 Å². The first kappa shape index (κ1) is 7.76. The molecule has 0 aromatic rings. The van der Waals surface area contributed by atoms with Gasteiger partial charge in [-0.15, -0.1) is 0 Å². The molecule has 0 aliphatic carbocycles. The molecular formula is C2H2Cl3FO. The van der Waals surface area contributed by atoms with Crippen molar-refractivity contribution in [2.45, 2.75) is 10.8 Å². The Balaban J connectivity index is 2.95. The van der Waals surface area contributed by atoms with E-state index >= 15 is 0 Å². The van der Waals surface area contributed by atoms with Crippen LogP contribution in [-0.2, 0) is 4.74 Å². The van der Waals surface area contributed by atoms with Crippen molar-refractivity contribution in [1.82, 2.24) is 0 Å². The minimum absolute atomic E-state index is 1.19. The normalized spacial score (nSPS) is 15.0. The summed E-state index contributed by atoms with van der Waals surface area (Å²) in [5.74, 6) is -1.92. The number of halogens is 4. The van der Waals surface area contributed by atoms with Crippen LogP contribution in [0.3, 0.4) is 0 Å². The Morgan fingerprint density at radius 2 is 1.71 bits per heavy atom. The van der Waals surface area contributed by atoms with E-state index in [1.807, 2.05) is 0 Å². The Bertz CT molecular complexity index is 42.2. The second-order valence-electron chi connectivity index (χ2n) is 0.657. The fraction of sp³-hybridized carbons (Fsp3) is 1.00. The molecule has 0 aliphatic heterocycles. The van der Waals surface area contributed by atoms with E-state index < -0.39 is 10.8 Å². The summed E-state index contributed by atoms with van der Waals surface area (Å²) in [6.07, 6.45) is 0. The summed E-state index contributed by atoms with van der Waals surface area (Å²) >= 11 is 14.4. The van der Waals surface area contributed by atoms with Gasteiger partial charge < -0.3 is 4.74 Å². The molecule has 5 heteroatoms. The number of alkyl halides is 4. The lowest BCUT2D eigenvalue weighted by Gasteiger charge is -1.99. The third-order valence-electron chi connectivity index (χ3n) is 0.206. The largest absolute Gasteiger partial charge is 0.302 e. The van der Waals surface area contributed by atoms with Gasteiger partial charge in [0.15, 0.2) is 0 Å². The van der Waals surface area contributed by atoms with Crippen LogP contribution in [0.2, 0.25) is 0 Å². The molecule has 0 radical (unpaired) electrons. The molecule has 0 aliphatic rings. The predicted molar refractivity (Wildman–Crippen MR) is 27.3 cm³/mol. The highest BCUT2D eigenvalue weighted by Gasteiger charge is 2.04. The molecule has 0 fully saturated rings. The highest BCUT2D eigenvalue weighted by atomic mass is 35.5. The number of hydrogen-bond acceptors (Lipinski definition) is 1. The molecule has 0 rings (SSSR count). The lowest BCUT2D eigenvalue weighted by atomic mass is 11.4. The van der Waals surface area contributed by atoms with E-state index in [-0.39, 0.29) is 0 Å². The maximum Gasteiger partial charge on any atom is 0.278 e. The molecule has 1 unspecified atom stereocenters. The zero-order chi connectivity index (χ0) is 5.86. The standard InChI is InChI=1S/C2H2Cl3FO/c3-1(4)7-2(5)6/h1-2H. The Kier molecular flexibility index (Phi) is 4.13. The van der Waals surface area contributed by atoms with Crippen LogP contribution in [0.15, 0.2) is 0 Å². The third-order valence-corrected chi connectivity index (χ3v) is 0.514. The smallest absolute Gasteiger partial charge is 0.278 e. The molecule has 1 nitrogen and oxygen atoms in total. The molecule has 0 saturated heterocycles. The van der Waals surface area contributed by atoms with Gasteiger partial charge in [0, 0.05) is 0 Å². The van der Waals surface area contributed by atoms with Crippen molar-refractivity contribution >= 4 is 34.8 Å². The minimum Gasteiger partial charge on any atom is -0.302 e. The van der Waals surface area contributed by atoms with Gasteiger partial charge in [0.2, 0.25) is 5.02 Å². The van der Waals surface area contributed by atoms with Crippen LogP contribution in [-0.4, -0.2) is 10.8 Å². The van der Waals surface area contributed by atoms with E-state index in [1.54, 1.807) is 0 Å². The van der Waals surface area contributed by atoms with Crippen LogP contribution in [0.25, 0.3) is 0 Å². The summed E-state index contributed by atoms with van der Waals surface area (Å²) in [5, 5.41) is -1.19. The summed E-state index contributed by atoms with van der Waals surface area (Å²) < 4.78 is 15.2. The average molecular weight is 167 g/mol. The zero-order valence-electron chi connectivity index (χ0n) is 3.07. The van der Waals surface area contributed by atoms with E-state index in [1.165, 1.54) is 0 Å². The fourth-order valence-corrected chi connectivity index (χ4v) is 0.467. The van der Waals surface area contributed by atoms with Gasteiger partial charge in [-0.2, -0.15) is 4.39 Å². The summed E-state index contributed by atoms with van der Waals surface area (Å²) in [7, 11) is 0. The van der Waals surface area contributed by atoms with E-state index in [0.29, 0.717) is 0 Å². The van der Waals surface area contributed by atoms with Gasteiger partial charge in [-0.3, -0.25) is 0 Å². The van der Waals surface area contributed by atoms with E-state index in [4.69, 9.17) is 23.2 Å². The van der Waals surface area contributed by atoms with Crippen molar-refractivity contribution in [2.75, 3.05) is 0 Å². The second-order valence-corrected chi connectivity index (χ2v) is 2.02. The average Bonchev–Trinajstić information content (AvgIpc) is 1.27. The molecule has 0 N–H and O–H groups in total. The molecule has 0 aromatic carbocycles. The van der Waals surface area contributed by atoms with Crippen LogP contribution in [0.4, 0.5) is 4.39 Å². The summed E-state index contributed by atoms with van der Waals surface area (Å²) in [6.45, 7) is 0. The molecule has 0 amide bonds. The van der Waals surface area contributed by atoms with Gasteiger partial charge >= 0.3 is 0 Å². The van der Waals surface area contributed by atoms with Gasteiger partial charge in [-0.05, 0) is 0 Å². The van der Waals surface area contributed by atoms with Crippen molar-refractivity contribution in [3.8, 4) is 0 Å². The molecule has 0 heterocycles. The zero-order valence-corrected chi connectivity index (χ0v) is 5.34. The van der Waals surface area contributed by atoms with Gasteiger partial charge in [0.1, 0.15) is 0 Å². The lowest BCUT2D eigenvalue weighted by Crippen LogP contribution is -2.00. The number of rotatable bonds is 2. The van der Waals surface area contributed by atoms with Gasteiger partial charge in [0.25, 0.3) is 5.82 Å². The SMILES string of the molecule is FC(Cl)OC(Cl)Cl. The van der Waals surface area contributed by atoms with Crippen molar-refractivity contribution in [2.24, 2.45) is 0 Å².